The van der Waals surface area contributed by atoms with Crippen LogP contribution in [0.25, 0.3) is 0 Å². The molecule has 0 saturated heterocycles. The Labute approximate surface area is 107 Å². The maximum atomic E-state index is 5.84. The third kappa shape index (κ3) is 2.62. The average molecular weight is 242 g/mol. The van der Waals surface area contributed by atoms with Gasteiger partial charge in [0.05, 0.1) is 6.54 Å². The summed E-state index contributed by atoms with van der Waals surface area (Å²) in [5.74, 6) is 3.65. The van der Waals surface area contributed by atoms with Crippen LogP contribution >= 0.6 is 0 Å². The Bertz CT molecular complexity index is 506. The van der Waals surface area contributed by atoms with E-state index in [0.717, 1.165) is 30.5 Å². The number of rotatable bonds is 5. The lowest BCUT2D eigenvalue weighted by atomic mass is 10.2. The van der Waals surface area contributed by atoms with Crippen LogP contribution in [-0.4, -0.2) is 4.98 Å². The van der Waals surface area contributed by atoms with Gasteiger partial charge in [-0.05, 0) is 42.2 Å². The van der Waals surface area contributed by atoms with Gasteiger partial charge in [0.15, 0.2) is 0 Å². The molecule has 0 aliphatic heterocycles. The van der Waals surface area contributed by atoms with Gasteiger partial charge in [-0.25, -0.2) is 0 Å². The molecule has 2 heterocycles. The van der Waals surface area contributed by atoms with E-state index in [2.05, 4.69) is 29.4 Å². The zero-order valence-electron chi connectivity index (χ0n) is 10.6. The van der Waals surface area contributed by atoms with Crippen molar-refractivity contribution in [2.24, 2.45) is 5.92 Å². The summed E-state index contributed by atoms with van der Waals surface area (Å²) in [6.07, 6.45) is 4.91. The lowest BCUT2D eigenvalue weighted by molar-refractivity contribution is 0.444. The molecule has 0 aromatic carbocycles. The quantitative estimate of drug-likeness (QED) is 0.875. The molecular weight excluding hydrogens is 224 g/mol. The Morgan fingerprint density at radius 3 is 2.72 bits per heavy atom. The second-order valence-electron chi connectivity index (χ2n) is 5.08. The molecule has 2 aromatic rings. The van der Waals surface area contributed by atoms with Gasteiger partial charge in [-0.15, -0.1) is 0 Å². The molecule has 0 amide bonds. The molecule has 94 valence electrons. The molecule has 2 aromatic heterocycles. The topological polar surface area (TPSA) is 38.1 Å². The van der Waals surface area contributed by atoms with E-state index in [1.165, 1.54) is 12.0 Å². The highest BCUT2D eigenvalue weighted by Gasteiger charge is 2.36. The third-order valence-corrected chi connectivity index (χ3v) is 3.54. The van der Waals surface area contributed by atoms with Gasteiger partial charge in [-0.3, -0.25) is 4.98 Å². The minimum Gasteiger partial charge on any atom is -0.464 e. The Hall–Kier alpha value is -1.61. The van der Waals surface area contributed by atoms with E-state index in [4.69, 9.17) is 4.42 Å². The first-order chi connectivity index (χ1) is 8.83. The van der Waals surface area contributed by atoms with E-state index in [9.17, 15) is 0 Å². The highest BCUT2D eigenvalue weighted by Crippen LogP contribution is 2.47. The van der Waals surface area contributed by atoms with Crippen molar-refractivity contribution in [3.63, 3.8) is 0 Å². The summed E-state index contributed by atoms with van der Waals surface area (Å²) in [5, 5.41) is 3.38. The van der Waals surface area contributed by atoms with Crippen LogP contribution in [0.1, 0.15) is 36.3 Å². The largest absolute Gasteiger partial charge is 0.464 e. The predicted octanol–water partition coefficient (Wildman–Crippen LogP) is 3.09. The second kappa shape index (κ2) is 4.94. The van der Waals surface area contributed by atoms with Gasteiger partial charge in [0.1, 0.15) is 11.5 Å². The molecule has 3 heteroatoms. The van der Waals surface area contributed by atoms with Crippen molar-refractivity contribution in [3.05, 3.63) is 53.7 Å². The Morgan fingerprint density at radius 2 is 2.00 bits per heavy atom. The van der Waals surface area contributed by atoms with E-state index < -0.39 is 0 Å². The zero-order chi connectivity index (χ0) is 12.4. The van der Waals surface area contributed by atoms with Crippen molar-refractivity contribution in [1.82, 2.24) is 10.3 Å². The first kappa shape index (κ1) is 11.5. The fraction of sp³-hybridized carbons (Fsp3) is 0.400. The maximum absolute atomic E-state index is 5.84. The lowest BCUT2D eigenvalue weighted by Gasteiger charge is -2.02. The van der Waals surface area contributed by atoms with E-state index in [1.54, 1.807) is 0 Å². The first-order valence-corrected chi connectivity index (χ1v) is 6.51. The summed E-state index contributed by atoms with van der Waals surface area (Å²) in [4.78, 5) is 4.00. The standard InChI is InChI=1S/C15H18N2O/c1-11-8-14(11)15-3-2-13(18-15)10-17-9-12-4-6-16-7-5-12/h2-7,11,14,17H,8-10H2,1H3. The molecule has 3 nitrogen and oxygen atoms in total. The highest BCUT2D eigenvalue weighted by molar-refractivity contribution is 5.17. The minimum absolute atomic E-state index is 0.666. The fourth-order valence-electron chi connectivity index (χ4n) is 2.24. The molecule has 2 atom stereocenters. The number of pyridine rings is 1. The molecule has 1 N–H and O–H groups in total. The van der Waals surface area contributed by atoms with Crippen molar-refractivity contribution in [1.29, 1.82) is 0 Å². The lowest BCUT2D eigenvalue weighted by Crippen LogP contribution is -2.11. The van der Waals surface area contributed by atoms with Crippen molar-refractivity contribution in [2.45, 2.75) is 32.4 Å². The maximum Gasteiger partial charge on any atom is 0.117 e. The van der Waals surface area contributed by atoms with Gasteiger partial charge < -0.3 is 9.73 Å². The van der Waals surface area contributed by atoms with Crippen molar-refractivity contribution in [2.75, 3.05) is 0 Å². The summed E-state index contributed by atoms with van der Waals surface area (Å²) in [5.41, 5.74) is 1.24. The Balaban J connectivity index is 1.50. The number of nitrogens with one attached hydrogen (secondary N) is 1. The number of hydrogen-bond acceptors (Lipinski definition) is 3. The Morgan fingerprint density at radius 1 is 1.22 bits per heavy atom. The van der Waals surface area contributed by atoms with Crippen LogP contribution in [0.4, 0.5) is 0 Å². The minimum atomic E-state index is 0.666. The molecule has 3 rings (SSSR count). The first-order valence-electron chi connectivity index (χ1n) is 6.51. The average Bonchev–Trinajstić information content (AvgIpc) is 2.94. The van der Waals surface area contributed by atoms with Crippen LogP contribution in [0, 0.1) is 5.92 Å². The molecule has 0 spiro atoms. The van der Waals surface area contributed by atoms with Crippen LogP contribution in [0.5, 0.6) is 0 Å². The van der Waals surface area contributed by atoms with Gasteiger partial charge in [-0.2, -0.15) is 0 Å². The van der Waals surface area contributed by atoms with Gasteiger partial charge >= 0.3 is 0 Å². The summed E-state index contributed by atoms with van der Waals surface area (Å²) in [6.45, 7) is 3.90. The van der Waals surface area contributed by atoms with Crippen LogP contribution < -0.4 is 5.32 Å². The molecule has 1 fully saturated rings. The normalized spacial score (nSPS) is 22.1. The SMILES string of the molecule is CC1CC1c1ccc(CNCc2ccncc2)o1. The van der Waals surface area contributed by atoms with E-state index >= 15 is 0 Å². The molecular formula is C15H18N2O. The monoisotopic (exact) mass is 242 g/mol. The Kier molecular flexibility index (Phi) is 3.15. The predicted molar refractivity (Wildman–Crippen MR) is 70.0 cm³/mol. The van der Waals surface area contributed by atoms with Gasteiger partial charge in [-0.1, -0.05) is 6.92 Å². The smallest absolute Gasteiger partial charge is 0.117 e. The van der Waals surface area contributed by atoms with Gasteiger partial charge in [0.2, 0.25) is 0 Å². The summed E-state index contributed by atoms with van der Waals surface area (Å²) in [7, 11) is 0. The highest BCUT2D eigenvalue weighted by atomic mass is 16.3. The van der Waals surface area contributed by atoms with Gasteiger partial charge in [0, 0.05) is 24.9 Å². The molecule has 1 aliphatic rings. The van der Waals surface area contributed by atoms with Crippen LogP contribution in [0.15, 0.2) is 41.1 Å². The number of nitrogens with zero attached hydrogens (tertiary/aromatic N) is 1. The summed E-state index contributed by atoms with van der Waals surface area (Å²) < 4.78 is 5.84. The molecule has 2 unspecified atom stereocenters. The summed E-state index contributed by atoms with van der Waals surface area (Å²) >= 11 is 0. The molecule has 1 aliphatic carbocycles. The molecule has 18 heavy (non-hydrogen) atoms. The van der Waals surface area contributed by atoms with Crippen molar-refractivity contribution >= 4 is 0 Å². The van der Waals surface area contributed by atoms with E-state index in [-0.39, 0.29) is 0 Å². The number of aromatic nitrogens is 1. The van der Waals surface area contributed by atoms with Crippen LogP contribution in [-0.2, 0) is 13.1 Å². The summed E-state index contributed by atoms with van der Waals surface area (Å²) in [6, 6.07) is 8.25. The zero-order valence-corrected chi connectivity index (χ0v) is 10.6. The number of hydrogen-bond donors (Lipinski definition) is 1. The van der Waals surface area contributed by atoms with E-state index in [1.807, 2.05) is 24.5 Å². The fourth-order valence-corrected chi connectivity index (χ4v) is 2.24. The number of furan rings is 1. The third-order valence-electron chi connectivity index (χ3n) is 3.54. The second-order valence-corrected chi connectivity index (χ2v) is 5.08. The van der Waals surface area contributed by atoms with Gasteiger partial charge in [0.25, 0.3) is 0 Å². The molecule has 1 saturated carbocycles. The molecule has 0 bridgehead atoms. The van der Waals surface area contributed by atoms with Crippen LogP contribution in [0.3, 0.4) is 0 Å². The van der Waals surface area contributed by atoms with Crippen molar-refractivity contribution in [3.8, 4) is 0 Å². The van der Waals surface area contributed by atoms with Crippen molar-refractivity contribution < 1.29 is 4.42 Å². The molecule has 0 radical (unpaired) electrons. The van der Waals surface area contributed by atoms with E-state index in [0.29, 0.717) is 5.92 Å². The van der Waals surface area contributed by atoms with Crippen LogP contribution in [0.2, 0.25) is 0 Å².